The van der Waals surface area contributed by atoms with Crippen LogP contribution in [0.1, 0.15) is 27.1 Å². The van der Waals surface area contributed by atoms with E-state index < -0.39 is 5.97 Å². The SMILES string of the molecule is O=C(O)CCC1CCC(=O)N1.[H-].[Na+]. The van der Waals surface area contributed by atoms with Crippen LogP contribution in [0.2, 0.25) is 0 Å². The Morgan fingerprint density at radius 2 is 2.42 bits per heavy atom. The van der Waals surface area contributed by atoms with Crippen LogP contribution < -0.4 is 34.9 Å². The van der Waals surface area contributed by atoms with Crippen molar-refractivity contribution in [1.29, 1.82) is 0 Å². The van der Waals surface area contributed by atoms with Crippen molar-refractivity contribution in [1.82, 2.24) is 5.32 Å². The molecule has 0 spiro atoms. The molecule has 0 aromatic carbocycles. The Morgan fingerprint density at radius 1 is 1.75 bits per heavy atom. The molecule has 12 heavy (non-hydrogen) atoms. The van der Waals surface area contributed by atoms with E-state index >= 15 is 0 Å². The molecule has 0 bridgehead atoms. The summed E-state index contributed by atoms with van der Waals surface area (Å²) in [4.78, 5) is 20.8. The fourth-order valence-corrected chi connectivity index (χ4v) is 1.19. The zero-order valence-electron chi connectivity index (χ0n) is 8.17. The van der Waals surface area contributed by atoms with Gasteiger partial charge in [-0.3, -0.25) is 9.59 Å². The summed E-state index contributed by atoms with van der Waals surface area (Å²) < 4.78 is 0. The summed E-state index contributed by atoms with van der Waals surface area (Å²) in [7, 11) is 0. The second kappa shape index (κ2) is 5.56. The zero-order valence-corrected chi connectivity index (χ0v) is 9.17. The van der Waals surface area contributed by atoms with Crippen LogP contribution in [0.25, 0.3) is 0 Å². The number of carboxylic acid groups (broad SMARTS) is 1. The van der Waals surface area contributed by atoms with Crippen LogP contribution in [-0.4, -0.2) is 23.0 Å². The Hall–Kier alpha value is -0.0600. The van der Waals surface area contributed by atoms with E-state index in [4.69, 9.17) is 5.11 Å². The molecule has 64 valence electrons. The molecule has 1 unspecified atom stereocenters. The molecule has 0 aliphatic carbocycles. The van der Waals surface area contributed by atoms with Crippen molar-refractivity contribution in [3.63, 3.8) is 0 Å². The first-order chi connectivity index (χ1) is 5.18. The molecule has 5 heteroatoms. The average Bonchev–Trinajstić information content (AvgIpc) is 2.31. The maximum absolute atomic E-state index is 10.6. The number of carboxylic acids is 1. The van der Waals surface area contributed by atoms with Crippen LogP contribution in [-0.2, 0) is 9.59 Å². The molecule has 1 rings (SSSR count). The summed E-state index contributed by atoms with van der Waals surface area (Å²) in [6.07, 6.45) is 2.03. The van der Waals surface area contributed by atoms with Crippen LogP contribution in [0.5, 0.6) is 0 Å². The van der Waals surface area contributed by atoms with E-state index in [1.54, 1.807) is 0 Å². The predicted octanol–water partition coefficient (Wildman–Crippen LogP) is -2.75. The van der Waals surface area contributed by atoms with Crippen molar-refractivity contribution < 1.29 is 45.7 Å². The minimum atomic E-state index is -0.800. The standard InChI is InChI=1S/C7H11NO3.Na.H/c9-6-3-1-5(8-6)2-4-7(10)11;;/h5H,1-4H2,(H,8,9)(H,10,11);;/q;+1;-1. The molecular formula is C7H12NNaO3. The van der Waals surface area contributed by atoms with E-state index in [1.807, 2.05) is 0 Å². The third kappa shape index (κ3) is 4.09. The molecule has 0 radical (unpaired) electrons. The summed E-state index contributed by atoms with van der Waals surface area (Å²) >= 11 is 0. The smallest absolute Gasteiger partial charge is 1.00 e. The molecule has 1 aliphatic rings. The Kier molecular flexibility index (Phi) is 5.53. The van der Waals surface area contributed by atoms with Crippen molar-refractivity contribution in [2.24, 2.45) is 0 Å². The van der Waals surface area contributed by atoms with E-state index in [0.29, 0.717) is 12.8 Å². The Balaban J connectivity index is 0. The van der Waals surface area contributed by atoms with Gasteiger partial charge in [-0.2, -0.15) is 0 Å². The summed E-state index contributed by atoms with van der Waals surface area (Å²) in [5.41, 5.74) is 0. The van der Waals surface area contributed by atoms with E-state index in [1.165, 1.54) is 0 Å². The summed E-state index contributed by atoms with van der Waals surface area (Å²) in [5, 5.41) is 11.0. The molecule has 1 fully saturated rings. The van der Waals surface area contributed by atoms with Crippen molar-refractivity contribution >= 4 is 11.9 Å². The minimum Gasteiger partial charge on any atom is -1.00 e. The maximum atomic E-state index is 10.6. The second-order valence-electron chi connectivity index (χ2n) is 2.74. The second-order valence-corrected chi connectivity index (χ2v) is 2.74. The summed E-state index contributed by atoms with van der Waals surface area (Å²) in [6.45, 7) is 0. The third-order valence-corrected chi connectivity index (χ3v) is 1.79. The van der Waals surface area contributed by atoms with Crippen LogP contribution in [0.15, 0.2) is 0 Å². The number of carbonyl (C=O) groups is 2. The van der Waals surface area contributed by atoms with Gasteiger partial charge < -0.3 is 11.8 Å². The van der Waals surface area contributed by atoms with Crippen molar-refractivity contribution in [2.75, 3.05) is 0 Å². The van der Waals surface area contributed by atoms with Gasteiger partial charge in [-0.1, -0.05) is 0 Å². The monoisotopic (exact) mass is 181 g/mol. The number of hydrogen-bond donors (Lipinski definition) is 2. The van der Waals surface area contributed by atoms with Crippen LogP contribution >= 0.6 is 0 Å². The predicted molar refractivity (Wildman–Crippen MR) is 39.1 cm³/mol. The normalized spacial score (nSPS) is 21.3. The maximum Gasteiger partial charge on any atom is 1.00 e. The largest absolute Gasteiger partial charge is 1.00 e. The van der Waals surface area contributed by atoms with Gasteiger partial charge in [-0.05, 0) is 12.8 Å². The molecule has 1 amide bonds. The molecule has 0 aromatic heterocycles. The Morgan fingerprint density at radius 3 is 2.83 bits per heavy atom. The fourth-order valence-electron chi connectivity index (χ4n) is 1.19. The quantitative estimate of drug-likeness (QED) is 0.464. The minimum absolute atomic E-state index is 0. The molecule has 1 atom stereocenters. The van der Waals surface area contributed by atoms with E-state index in [0.717, 1.165) is 6.42 Å². The molecule has 1 saturated heterocycles. The van der Waals surface area contributed by atoms with Crippen molar-refractivity contribution in [3.05, 3.63) is 0 Å². The van der Waals surface area contributed by atoms with E-state index in [-0.39, 0.29) is 49.4 Å². The number of carbonyl (C=O) groups excluding carboxylic acids is 1. The van der Waals surface area contributed by atoms with Crippen molar-refractivity contribution in [3.8, 4) is 0 Å². The first-order valence-electron chi connectivity index (χ1n) is 3.69. The first kappa shape index (κ1) is 11.9. The van der Waals surface area contributed by atoms with E-state index in [9.17, 15) is 9.59 Å². The van der Waals surface area contributed by atoms with E-state index in [2.05, 4.69) is 5.32 Å². The van der Waals surface area contributed by atoms with Gasteiger partial charge in [0.15, 0.2) is 0 Å². The molecule has 4 nitrogen and oxygen atoms in total. The van der Waals surface area contributed by atoms with Crippen molar-refractivity contribution in [2.45, 2.75) is 31.7 Å². The van der Waals surface area contributed by atoms with Gasteiger partial charge >= 0.3 is 35.5 Å². The molecule has 1 aliphatic heterocycles. The van der Waals surface area contributed by atoms with Gasteiger partial charge in [0.25, 0.3) is 0 Å². The summed E-state index contributed by atoms with van der Waals surface area (Å²) in [5.74, 6) is -0.758. The van der Waals surface area contributed by atoms with Gasteiger partial charge in [0.2, 0.25) is 5.91 Å². The van der Waals surface area contributed by atoms with Crippen LogP contribution in [0, 0.1) is 0 Å². The molecule has 0 saturated carbocycles. The zero-order chi connectivity index (χ0) is 8.27. The van der Waals surface area contributed by atoms with Gasteiger partial charge in [0, 0.05) is 18.9 Å². The van der Waals surface area contributed by atoms with Gasteiger partial charge in [0.1, 0.15) is 0 Å². The van der Waals surface area contributed by atoms with Crippen LogP contribution in [0.4, 0.5) is 0 Å². The summed E-state index contributed by atoms with van der Waals surface area (Å²) in [6, 6.07) is 0.0959. The van der Waals surface area contributed by atoms with Gasteiger partial charge in [0.05, 0.1) is 0 Å². The Bertz CT molecular complexity index is 189. The number of hydrogen-bond acceptors (Lipinski definition) is 2. The molecule has 2 N–H and O–H groups in total. The molecule has 0 aromatic rings. The first-order valence-corrected chi connectivity index (χ1v) is 3.69. The van der Waals surface area contributed by atoms with Gasteiger partial charge in [-0.15, -0.1) is 0 Å². The van der Waals surface area contributed by atoms with Gasteiger partial charge in [-0.25, -0.2) is 0 Å². The van der Waals surface area contributed by atoms with Crippen LogP contribution in [0.3, 0.4) is 0 Å². The molecular weight excluding hydrogens is 169 g/mol. The average molecular weight is 181 g/mol. The number of rotatable bonds is 3. The molecule has 1 heterocycles. The number of aliphatic carboxylic acids is 1. The topological polar surface area (TPSA) is 66.4 Å². The number of nitrogens with one attached hydrogen (secondary N) is 1. The number of amides is 1. The fraction of sp³-hybridized carbons (Fsp3) is 0.714. The Labute approximate surface area is 94.5 Å². The third-order valence-electron chi connectivity index (χ3n) is 1.79.